The van der Waals surface area contributed by atoms with Gasteiger partial charge in [0.1, 0.15) is 0 Å². The van der Waals surface area contributed by atoms with Crippen LogP contribution in [-0.2, 0) is 0 Å². The van der Waals surface area contributed by atoms with Crippen molar-refractivity contribution in [2.45, 2.75) is 19.6 Å². The predicted molar refractivity (Wildman–Crippen MR) is 33.4 cm³/mol. The van der Waals surface area contributed by atoms with Crippen LogP contribution in [-0.4, -0.2) is 8.80 Å². The summed E-state index contributed by atoms with van der Waals surface area (Å²) in [5.41, 5.74) is 13.5. The second-order valence-electron chi connectivity index (χ2n) is 1.59. The zero-order chi connectivity index (χ0) is 6.28. The van der Waals surface area contributed by atoms with Crippen molar-refractivity contribution in [2.24, 2.45) is 0 Å². The first-order valence-corrected chi connectivity index (χ1v) is 4.90. The molecule has 0 saturated carbocycles. The van der Waals surface area contributed by atoms with Crippen LogP contribution in [0.25, 0.3) is 16.0 Å². The van der Waals surface area contributed by atoms with Crippen LogP contribution >= 0.6 is 0 Å². The summed E-state index contributed by atoms with van der Waals surface area (Å²) in [6.07, 6.45) is 0. The molecule has 41 valence electrons. The van der Waals surface area contributed by atoms with Crippen LogP contribution in [0.15, 0.2) is 0 Å². The van der Waals surface area contributed by atoms with E-state index in [1.54, 1.807) is 0 Å². The zero-order valence-electron chi connectivity index (χ0n) is 5.84. The minimum absolute atomic E-state index is 0. The molecule has 1 radical (unpaired) electrons. The summed E-state index contributed by atoms with van der Waals surface area (Å²) in [7, 11) is 0.120. The summed E-state index contributed by atoms with van der Waals surface area (Å²) in [6.45, 7) is 6.81. The summed E-state index contributed by atoms with van der Waals surface area (Å²) in [5.74, 6) is 0. The molecule has 0 aromatic carbocycles. The molecule has 0 atom stereocenters. The third kappa shape index (κ3) is 10400. The molecule has 0 aromatic rings. The van der Waals surface area contributed by atoms with Crippen molar-refractivity contribution < 1.29 is 18.9 Å². The largest absolute Gasteiger partial charge is 1.00 e. The van der Waals surface area contributed by atoms with Gasteiger partial charge in [-0.1, -0.05) is 19.6 Å². The van der Waals surface area contributed by atoms with Gasteiger partial charge in [0.25, 0.3) is 0 Å². The maximum atomic E-state index is 6.75. The quantitative estimate of drug-likeness (QED) is 0.175. The van der Waals surface area contributed by atoms with Gasteiger partial charge < -0.3 is 11.1 Å². The second-order valence-corrected chi connectivity index (χ2v) is 4.59. The van der Waals surface area contributed by atoms with E-state index in [0.717, 1.165) is 0 Å². The molecule has 0 bridgehead atoms. The molecule has 0 aliphatic carbocycles. The molecule has 0 unspecified atom stereocenters. The minimum Gasteiger partial charge on any atom is -0.373 e. The normalized spacial score (nSPS) is 5.50. The van der Waals surface area contributed by atoms with Crippen molar-refractivity contribution in [3.05, 3.63) is 16.0 Å². The van der Waals surface area contributed by atoms with E-state index < -0.39 is 0 Å². The van der Waals surface area contributed by atoms with Crippen LogP contribution in [0.5, 0.6) is 0 Å². The van der Waals surface area contributed by atoms with Gasteiger partial charge in [0, 0.05) is 8.80 Å². The van der Waals surface area contributed by atoms with Crippen LogP contribution in [0.4, 0.5) is 0 Å². The van der Waals surface area contributed by atoms with Crippen molar-refractivity contribution in [3.63, 3.8) is 0 Å². The first-order chi connectivity index (χ1) is 3.15. The third-order valence-corrected chi connectivity index (χ3v) is 0. The van der Waals surface area contributed by atoms with Gasteiger partial charge in [0.15, 0.2) is 0 Å². The standard InChI is InChI=1S/C3H9Si.Li.N3/c1-4(2)3;;1-3-2/h1-3H3;;/q;+1;-1. The fourth-order valence-electron chi connectivity index (χ4n) is 0. The van der Waals surface area contributed by atoms with Gasteiger partial charge in [-0.25, -0.2) is 0 Å². The van der Waals surface area contributed by atoms with Gasteiger partial charge in [0.2, 0.25) is 0 Å². The molecule has 0 aromatic heterocycles. The smallest absolute Gasteiger partial charge is 0.373 e. The second kappa shape index (κ2) is 15.7. The molecule has 0 amide bonds. The molecular formula is C3H9LiN3Si. The Morgan fingerprint density at radius 2 is 1.12 bits per heavy atom. The van der Waals surface area contributed by atoms with E-state index in [2.05, 4.69) is 19.6 Å². The van der Waals surface area contributed by atoms with Crippen LogP contribution in [0.2, 0.25) is 19.6 Å². The van der Waals surface area contributed by atoms with Gasteiger partial charge in [-0.05, 0) is 0 Å². The summed E-state index contributed by atoms with van der Waals surface area (Å²) in [5, 5.41) is 0. The van der Waals surface area contributed by atoms with E-state index in [0.29, 0.717) is 0 Å². The molecule has 0 fully saturated rings. The summed E-state index contributed by atoms with van der Waals surface area (Å²) in [6, 6.07) is 0. The Morgan fingerprint density at radius 1 is 1.12 bits per heavy atom. The minimum atomic E-state index is 0. The fourth-order valence-corrected chi connectivity index (χ4v) is 0. The van der Waals surface area contributed by atoms with E-state index in [4.69, 9.17) is 11.1 Å². The SMILES string of the molecule is C[Si](C)C.[Li+].[N-]=[N+]=[N-]. The Bertz CT molecular complexity index is 56.8. The summed E-state index contributed by atoms with van der Waals surface area (Å²) < 4.78 is 0. The van der Waals surface area contributed by atoms with Crippen molar-refractivity contribution in [1.29, 1.82) is 0 Å². The topological polar surface area (TPSA) is 58.7 Å². The number of nitrogens with zero attached hydrogens (tertiary/aromatic N) is 3. The van der Waals surface area contributed by atoms with E-state index in [1.807, 2.05) is 0 Å². The Kier molecular flexibility index (Phi) is 30.8. The van der Waals surface area contributed by atoms with Gasteiger partial charge in [0.05, 0.1) is 0 Å². The van der Waals surface area contributed by atoms with Crippen LogP contribution in [0.3, 0.4) is 0 Å². The molecule has 0 heterocycles. The molecule has 0 aliphatic rings. The Balaban J connectivity index is -0.0000000575. The number of hydrogen-bond donors (Lipinski definition) is 0. The summed E-state index contributed by atoms with van der Waals surface area (Å²) in [4.78, 5) is 1.50. The number of rotatable bonds is 0. The molecule has 8 heavy (non-hydrogen) atoms. The fraction of sp³-hybridized carbons (Fsp3) is 1.00. The Labute approximate surface area is 63.7 Å². The molecule has 3 nitrogen and oxygen atoms in total. The Morgan fingerprint density at radius 3 is 1.12 bits per heavy atom. The van der Waals surface area contributed by atoms with Gasteiger partial charge in [-0.2, -0.15) is 0 Å². The number of hydrogen-bond acceptors (Lipinski definition) is 0. The average Bonchev–Trinajstić information content (AvgIpc) is 1.33. The maximum Gasteiger partial charge on any atom is 1.00 e. The van der Waals surface area contributed by atoms with Crippen LogP contribution in [0.1, 0.15) is 0 Å². The van der Waals surface area contributed by atoms with E-state index in [9.17, 15) is 0 Å². The van der Waals surface area contributed by atoms with Crippen molar-refractivity contribution in [2.75, 3.05) is 0 Å². The molecule has 0 N–H and O–H groups in total. The first kappa shape index (κ1) is 15.7. The molecular weight excluding hydrogens is 113 g/mol. The molecule has 0 rings (SSSR count). The van der Waals surface area contributed by atoms with E-state index in [-0.39, 0.29) is 27.7 Å². The van der Waals surface area contributed by atoms with Crippen molar-refractivity contribution in [1.82, 2.24) is 0 Å². The monoisotopic (exact) mass is 122 g/mol. The van der Waals surface area contributed by atoms with Gasteiger partial charge >= 0.3 is 18.9 Å². The molecule has 0 aliphatic heterocycles. The van der Waals surface area contributed by atoms with Gasteiger partial charge in [-0.3, -0.25) is 4.91 Å². The van der Waals surface area contributed by atoms with Crippen LogP contribution < -0.4 is 18.9 Å². The zero-order valence-corrected chi connectivity index (χ0v) is 6.84. The predicted octanol–water partition coefficient (Wildman–Crippen LogP) is -0.759. The first-order valence-electron chi connectivity index (χ1n) is 1.90. The maximum absolute atomic E-state index is 6.75. The molecule has 0 spiro atoms. The molecule has 0 saturated heterocycles. The Hall–Kier alpha value is 0.124. The van der Waals surface area contributed by atoms with Crippen molar-refractivity contribution >= 4 is 8.80 Å². The molecule has 5 heteroatoms. The van der Waals surface area contributed by atoms with Crippen molar-refractivity contribution in [3.8, 4) is 0 Å². The van der Waals surface area contributed by atoms with E-state index in [1.165, 1.54) is 4.91 Å². The van der Waals surface area contributed by atoms with E-state index >= 15 is 0 Å². The third-order valence-electron chi connectivity index (χ3n) is 0. The average molecular weight is 122 g/mol. The van der Waals surface area contributed by atoms with Gasteiger partial charge in [-0.15, -0.1) is 0 Å². The summed E-state index contributed by atoms with van der Waals surface area (Å²) >= 11 is 0. The van der Waals surface area contributed by atoms with Crippen LogP contribution in [0, 0.1) is 0 Å².